The Bertz CT molecular complexity index is 986. The Labute approximate surface area is 184 Å². The number of likely N-dealkylation sites (tertiary alicyclic amines) is 1. The summed E-state index contributed by atoms with van der Waals surface area (Å²) in [4.78, 5) is 30.3. The van der Waals surface area contributed by atoms with Crippen LogP contribution in [-0.2, 0) is 22.4 Å². The van der Waals surface area contributed by atoms with Crippen LogP contribution in [0.15, 0.2) is 42.1 Å². The summed E-state index contributed by atoms with van der Waals surface area (Å²) in [5, 5.41) is 12.9. The summed E-state index contributed by atoms with van der Waals surface area (Å²) in [5.74, 6) is -0.241. The molecular formula is C22H23FN4O3S. The lowest BCUT2D eigenvalue weighted by molar-refractivity contribution is -0.111. The van der Waals surface area contributed by atoms with Gasteiger partial charge < -0.3 is 15.0 Å². The molecule has 9 heteroatoms. The zero-order valence-electron chi connectivity index (χ0n) is 17.0. The van der Waals surface area contributed by atoms with Gasteiger partial charge in [0.25, 0.3) is 0 Å². The molecule has 31 heavy (non-hydrogen) atoms. The van der Waals surface area contributed by atoms with E-state index in [-0.39, 0.29) is 31.5 Å². The number of nitrogens with zero attached hydrogens (tertiary/aromatic N) is 3. The van der Waals surface area contributed by atoms with Crippen LogP contribution >= 0.6 is 11.3 Å². The number of fused-ring (bicyclic) bond motifs is 1. The molecule has 1 aromatic heterocycles. The number of carbonyl (C=O) groups is 2. The smallest absolute Gasteiger partial charge is 0.409 e. The Morgan fingerprint density at radius 2 is 2.19 bits per heavy atom. The number of hydrogen-bond acceptors (Lipinski definition) is 6. The van der Waals surface area contributed by atoms with Gasteiger partial charge in [0.05, 0.1) is 25.3 Å². The average molecular weight is 443 g/mol. The standard InChI is InChI=1S/C22H23FN4O3S/c1-3-25-10-14(2)4-7-20(28)26-21-18(9-24)17-6-5-15(8-19(17)31-21)13-30-22(29)27-11-16(23)12-27/h3-4,7,10,15-16H,1-2,5-6,8,11-13H2,(H,26,28)/b7-4+,25-10?. The van der Waals surface area contributed by atoms with Crippen LogP contribution in [0, 0.1) is 17.2 Å². The zero-order valence-corrected chi connectivity index (χ0v) is 17.8. The molecule has 1 N–H and O–H groups in total. The quantitative estimate of drug-likeness (QED) is 0.395. The summed E-state index contributed by atoms with van der Waals surface area (Å²) >= 11 is 1.37. The van der Waals surface area contributed by atoms with Crippen molar-refractivity contribution in [2.45, 2.75) is 25.4 Å². The fraction of sp³-hybridized carbons (Fsp3) is 0.364. The number of hydrogen-bond donors (Lipinski definition) is 1. The monoisotopic (exact) mass is 442 g/mol. The maximum atomic E-state index is 12.9. The summed E-state index contributed by atoms with van der Waals surface area (Å²) in [5.41, 5.74) is 1.97. The van der Waals surface area contributed by atoms with Gasteiger partial charge in [-0.25, -0.2) is 9.18 Å². The van der Waals surface area contributed by atoms with Gasteiger partial charge in [-0.15, -0.1) is 11.3 Å². The summed E-state index contributed by atoms with van der Waals surface area (Å²) in [6.07, 6.45) is 6.37. The van der Waals surface area contributed by atoms with Gasteiger partial charge in [-0.05, 0) is 42.4 Å². The van der Waals surface area contributed by atoms with Crippen LogP contribution in [0.2, 0.25) is 0 Å². The van der Waals surface area contributed by atoms with E-state index >= 15 is 0 Å². The fourth-order valence-corrected chi connectivity index (χ4v) is 4.70. The minimum Gasteiger partial charge on any atom is -0.449 e. The minimum absolute atomic E-state index is 0.0933. The van der Waals surface area contributed by atoms with Gasteiger partial charge in [-0.2, -0.15) is 5.26 Å². The Morgan fingerprint density at radius 1 is 1.42 bits per heavy atom. The second-order valence-electron chi connectivity index (χ2n) is 7.37. The fourth-order valence-electron chi connectivity index (χ4n) is 3.38. The van der Waals surface area contributed by atoms with E-state index < -0.39 is 12.3 Å². The number of halogens is 1. The zero-order chi connectivity index (χ0) is 22.4. The molecule has 3 rings (SSSR count). The van der Waals surface area contributed by atoms with Crippen molar-refractivity contribution in [2.24, 2.45) is 10.9 Å². The van der Waals surface area contributed by atoms with Crippen molar-refractivity contribution in [3.05, 3.63) is 53.1 Å². The normalized spacial score (nSPS) is 18.3. The number of thiophene rings is 1. The Morgan fingerprint density at radius 3 is 2.87 bits per heavy atom. The topological polar surface area (TPSA) is 94.8 Å². The maximum Gasteiger partial charge on any atom is 0.409 e. The number of nitrogens with one attached hydrogen (secondary N) is 1. The molecule has 0 bridgehead atoms. The molecule has 2 amide bonds. The van der Waals surface area contributed by atoms with Gasteiger partial charge in [-0.3, -0.25) is 9.79 Å². The molecular weight excluding hydrogens is 419 g/mol. The van der Waals surface area contributed by atoms with Crippen molar-refractivity contribution in [1.29, 1.82) is 5.26 Å². The van der Waals surface area contributed by atoms with Crippen molar-refractivity contribution in [2.75, 3.05) is 25.0 Å². The van der Waals surface area contributed by atoms with E-state index in [0.29, 0.717) is 29.0 Å². The van der Waals surface area contributed by atoms with E-state index in [0.717, 1.165) is 16.9 Å². The third-order valence-electron chi connectivity index (χ3n) is 5.05. The Hall–Kier alpha value is -3.25. The molecule has 0 aromatic carbocycles. The van der Waals surface area contributed by atoms with E-state index in [1.54, 1.807) is 0 Å². The van der Waals surface area contributed by atoms with E-state index in [1.807, 2.05) is 0 Å². The van der Waals surface area contributed by atoms with Crippen LogP contribution in [0.1, 0.15) is 22.4 Å². The molecule has 2 heterocycles. The molecule has 1 aliphatic carbocycles. The van der Waals surface area contributed by atoms with Crippen LogP contribution in [0.4, 0.5) is 14.2 Å². The minimum atomic E-state index is -0.956. The SMILES string of the molecule is C=CN=CC(=C)/C=C/C(=O)Nc1sc2c(c1C#N)CCC(COC(=O)N1CC(F)C1)C2. The number of carbonyl (C=O) groups excluding carboxylic acids is 2. The van der Waals surface area contributed by atoms with Crippen LogP contribution < -0.4 is 5.32 Å². The molecule has 0 spiro atoms. The van der Waals surface area contributed by atoms with Crippen LogP contribution in [0.3, 0.4) is 0 Å². The first-order valence-electron chi connectivity index (χ1n) is 9.83. The highest BCUT2D eigenvalue weighted by atomic mass is 32.1. The number of ether oxygens (including phenoxy) is 1. The lowest BCUT2D eigenvalue weighted by atomic mass is 9.88. The molecule has 7 nitrogen and oxygen atoms in total. The summed E-state index contributed by atoms with van der Waals surface area (Å²) in [7, 11) is 0. The summed E-state index contributed by atoms with van der Waals surface area (Å²) in [6.45, 7) is 7.65. The number of allylic oxidation sites excluding steroid dienone is 2. The Balaban J connectivity index is 1.58. The number of alkyl halides is 1. The van der Waals surface area contributed by atoms with E-state index in [1.165, 1.54) is 40.8 Å². The highest BCUT2D eigenvalue weighted by molar-refractivity contribution is 7.16. The first-order chi connectivity index (χ1) is 14.9. The van der Waals surface area contributed by atoms with Crippen LogP contribution in [0.25, 0.3) is 0 Å². The molecule has 1 fully saturated rings. The second kappa shape index (κ2) is 10.2. The molecule has 1 aliphatic heterocycles. The van der Waals surface area contributed by atoms with Gasteiger partial charge in [0, 0.05) is 23.4 Å². The number of aliphatic imine (C=N–C) groups is 1. The van der Waals surface area contributed by atoms with Crippen molar-refractivity contribution in [3.63, 3.8) is 0 Å². The molecule has 1 atom stereocenters. The lowest BCUT2D eigenvalue weighted by Crippen LogP contribution is -2.51. The molecule has 2 aliphatic rings. The third-order valence-corrected chi connectivity index (χ3v) is 6.22. The van der Waals surface area contributed by atoms with Crippen molar-refractivity contribution in [1.82, 2.24) is 4.90 Å². The van der Waals surface area contributed by atoms with E-state index in [4.69, 9.17) is 4.74 Å². The molecule has 1 unspecified atom stereocenters. The molecule has 162 valence electrons. The largest absolute Gasteiger partial charge is 0.449 e. The summed E-state index contributed by atoms with van der Waals surface area (Å²) in [6, 6.07) is 2.20. The molecule has 0 radical (unpaired) electrons. The van der Waals surface area contributed by atoms with Crippen LogP contribution in [0.5, 0.6) is 0 Å². The number of amides is 2. The first-order valence-corrected chi connectivity index (χ1v) is 10.6. The summed E-state index contributed by atoms with van der Waals surface area (Å²) < 4.78 is 18.2. The third kappa shape index (κ3) is 5.67. The molecule has 1 saturated heterocycles. The van der Waals surface area contributed by atoms with E-state index in [2.05, 4.69) is 29.5 Å². The second-order valence-corrected chi connectivity index (χ2v) is 8.47. The average Bonchev–Trinajstić information content (AvgIpc) is 3.08. The van der Waals surface area contributed by atoms with Gasteiger partial charge >= 0.3 is 6.09 Å². The molecule has 0 saturated carbocycles. The number of nitriles is 1. The predicted molar refractivity (Wildman–Crippen MR) is 118 cm³/mol. The van der Waals surface area contributed by atoms with Gasteiger partial charge in [0.1, 0.15) is 17.2 Å². The van der Waals surface area contributed by atoms with Gasteiger partial charge in [-0.1, -0.05) is 13.2 Å². The van der Waals surface area contributed by atoms with E-state index in [9.17, 15) is 19.2 Å². The van der Waals surface area contributed by atoms with Crippen molar-refractivity contribution >= 4 is 34.6 Å². The highest BCUT2D eigenvalue weighted by Crippen LogP contribution is 2.39. The predicted octanol–water partition coefficient (Wildman–Crippen LogP) is 3.78. The van der Waals surface area contributed by atoms with Crippen LogP contribution in [-0.4, -0.2) is 49.0 Å². The van der Waals surface area contributed by atoms with Crippen molar-refractivity contribution < 1.29 is 18.7 Å². The lowest BCUT2D eigenvalue weighted by Gasteiger charge is -2.33. The van der Waals surface area contributed by atoms with Crippen molar-refractivity contribution in [3.8, 4) is 6.07 Å². The Kier molecular flexibility index (Phi) is 7.36. The van der Waals surface area contributed by atoms with Gasteiger partial charge in [0.15, 0.2) is 0 Å². The number of anilines is 1. The molecule has 1 aromatic rings. The first kappa shape index (κ1) is 22.4. The highest BCUT2D eigenvalue weighted by Gasteiger charge is 2.32. The number of rotatable bonds is 7. The van der Waals surface area contributed by atoms with Gasteiger partial charge in [0.2, 0.25) is 5.91 Å². The maximum absolute atomic E-state index is 12.9.